The molecule has 0 unspecified atom stereocenters. The molecule has 0 radical (unpaired) electrons. The van der Waals surface area contributed by atoms with Crippen LogP contribution in [0.4, 0.5) is 22.0 Å². The number of nitrogens with zero attached hydrogens (tertiary/aromatic N) is 2. The first-order chi connectivity index (χ1) is 14.1. The van der Waals surface area contributed by atoms with E-state index in [2.05, 4.69) is 30.9 Å². The predicted octanol–water partition coefficient (Wildman–Crippen LogP) is 3.48. The van der Waals surface area contributed by atoms with Gasteiger partial charge in [0.2, 0.25) is 0 Å². The summed E-state index contributed by atoms with van der Waals surface area (Å²) in [4.78, 5) is 34.0. The molecule has 8 nitrogen and oxygen atoms in total. The van der Waals surface area contributed by atoms with Crippen molar-refractivity contribution < 1.29 is 4.79 Å². The van der Waals surface area contributed by atoms with Crippen LogP contribution in [0.2, 0.25) is 0 Å². The highest BCUT2D eigenvalue weighted by molar-refractivity contribution is 5.90. The van der Waals surface area contributed by atoms with Crippen LogP contribution in [0.25, 0.3) is 22.2 Å². The number of urea groups is 1. The van der Waals surface area contributed by atoms with E-state index in [1.54, 1.807) is 19.3 Å². The number of aromatic amines is 1. The maximum Gasteiger partial charge on any atom is 0.348 e. The molecule has 4 aromatic rings. The van der Waals surface area contributed by atoms with Crippen molar-refractivity contribution in [2.75, 3.05) is 17.7 Å². The van der Waals surface area contributed by atoms with Crippen LogP contribution in [0.15, 0.2) is 71.7 Å². The summed E-state index contributed by atoms with van der Waals surface area (Å²) in [7, 11) is 1.57. The Labute approximate surface area is 166 Å². The van der Waals surface area contributed by atoms with E-state index >= 15 is 0 Å². The molecule has 144 valence electrons. The Morgan fingerprint density at radius 3 is 2.59 bits per heavy atom. The van der Waals surface area contributed by atoms with E-state index < -0.39 is 5.69 Å². The van der Waals surface area contributed by atoms with Crippen LogP contribution in [0.1, 0.15) is 0 Å². The minimum atomic E-state index is -0.464. The minimum Gasteiger partial charge on any atom is -0.341 e. The van der Waals surface area contributed by atoms with Crippen molar-refractivity contribution in [1.82, 2.24) is 20.3 Å². The topological polar surface area (TPSA) is 112 Å². The summed E-state index contributed by atoms with van der Waals surface area (Å²) in [5.74, 6) is 0.537. The summed E-state index contributed by atoms with van der Waals surface area (Å²) in [5, 5.41) is 9.21. The van der Waals surface area contributed by atoms with Crippen LogP contribution in [0, 0.1) is 0 Å². The average Bonchev–Trinajstić information content (AvgIpc) is 2.74. The maximum atomic E-state index is 11.8. The molecule has 2 heterocycles. The largest absolute Gasteiger partial charge is 0.348 e. The van der Waals surface area contributed by atoms with Gasteiger partial charge in [-0.25, -0.2) is 14.6 Å². The smallest absolute Gasteiger partial charge is 0.341 e. The van der Waals surface area contributed by atoms with E-state index in [1.807, 2.05) is 54.6 Å². The van der Waals surface area contributed by atoms with Crippen molar-refractivity contribution in [3.05, 3.63) is 77.3 Å². The fourth-order valence-electron chi connectivity index (χ4n) is 2.94. The zero-order chi connectivity index (χ0) is 20.2. The van der Waals surface area contributed by atoms with Crippen molar-refractivity contribution >= 4 is 34.3 Å². The Hall–Kier alpha value is -4.20. The fraction of sp³-hybridized carbons (Fsp3) is 0.0476. The third-order valence-corrected chi connectivity index (χ3v) is 4.33. The van der Waals surface area contributed by atoms with Gasteiger partial charge in [-0.1, -0.05) is 24.3 Å². The number of hydrogen-bond acceptors (Lipinski definition) is 5. The lowest BCUT2D eigenvalue weighted by molar-refractivity contribution is 0.254. The predicted molar refractivity (Wildman–Crippen MR) is 113 cm³/mol. The molecular formula is C21H18N6O2. The number of carbonyl (C=O) groups is 1. The second kappa shape index (κ2) is 7.81. The van der Waals surface area contributed by atoms with E-state index in [4.69, 9.17) is 0 Å². The number of hydrogen-bond donors (Lipinski definition) is 4. The summed E-state index contributed by atoms with van der Waals surface area (Å²) in [5.41, 5.74) is 3.41. The molecule has 0 saturated carbocycles. The normalized spacial score (nSPS) is 10.5. The zero-order valence-electron chi connectivity index (χ0n) is 15.6. The van der Waals surface area contributed by atoms with Crippen molar-refractivity contribution in [1.29, 1.82) is 0 Å². The van der Waals surface area contributed by atoms with Crippen LogP contribution >= 0.6 is 0 Å². The number of anilines is 3. The molecular weight excluding hydrogens is 368 g/mol. The van der Waals surface area contributed by atoms with Crippen molar-refractivity contribution in [2.45, 2.75) is 0 Å². The highest BCUT2D eigenvalue weighted by atomic mass is 16.2. The van der Waals surface area contributed by atoms with E-state index in [1.165, 1.54) is 0 Å². The second-order valence-electron chi connectivity index (χ2n) is 6.28. The van der Waals surface area contributed by atoms with Crippen molar-refractivity contribution in [2.24, 2.45) is 0 Å². The molecule has 0 aliphatic carbocycles. The van der Waals surface area contributed by atoms with E-state index in [9.17, 15) is 9.59 Å². The molecule has 4 N–H and O–H groups in total. The van der Waals surface area contributed by atoms with E-state index in [0.29, 0.717) is 17.2 Å². The SMILES string of the molecule is CNC(=O)Nc1ccc(-c2cccc(Nc3[nH]c(=O)nc4ncccc34)c2)cc1. The number of H-pyrrole nitrogens is 1. The van der Waals surface area contributed by atoms with Crippen molar-refractivity contribution in [3.8, 4) is 11.1 Å². The molecule has 0 fully saturated rings. The highest BCUT2D eigenvalue weighted by Crippen LogP contribution is 2.27. The Morgan fingerprint density at radius 2 is 1.79 bits per heavy atom. The van der Waals surface area contributed by atoms with E-state index in [0.717, 1.165) is 22.2 Å². The quantitative estimate of drug-likeness (QED) is 0.429. The molecule has 0 spiro atoms. The van der Waals surface area contributed by atoms with Gasteiger partial charge in [-0.2, -0.15) is 4.98 Å². The highest BCUT2D eigenvalue weighted by Gasteiger charge is 2.07. The number of amides is 2. The molecule has 0 aliphatic rings. The minimum absolute atomic E-state index is 0.267. The van der Waals surface area contributed by atoms with Gasteiger partial charge in [-0.3, -0.25) is 4.98 Å². The first kappa shape index (κ1) is 18.2. The maximum absolute atomic E-state index is 11.8. The van der Waals surface area contributed by atoms with E-state index in [-0.39, 0.29) is 6.03 Å². The summed E-state index contributed by atoms with van der Waals surface area (Å²) in [6.07, 6.45) is 1.60. The second-order valence-corrected chi connectivity index (χ2v) is 6.28. The van der Waals surface area contributed by atoms with Gasteiger partial charge in [0.25, 0.3) is 0 Å². The molecule has 2 amide bonds. The third-order valence-electron chi connectivity index (χ3n) is 4.33. The Morgan fingerprint density at radius 1 is 0.966 bits per heavy atom. The third kappa shape index (κ3) is 4.06. The van der Waals surface area contributed by atoms with Crippen LogP contribution in [0.3, 0.4) is 0 Å². The van der Waals surface area contributed by atoms with Gasteiger partial charge in [-0.05, 0) is 47.5 Å². The molecule has 8 heteroatoms. The van der Waals surface area contributed by atoms with Gasteiger partial charge in [0.15, 0.2) is 5.65 Å². The average molecular weight is 386 g/mol. The van der Waals surface area contributed by atoms with Crippen LogP contribution in [-0.2, 0) is 0 Å². The molecule has 0 saturated heterocycles. The van der Waals surface area contributed by atoms with Gasteiger partial charge in [0.05, 0.1) is 5.39 Å². The standard InChI is InChI=1S/C21H18N6O2/c1-22-20(28)25-15-9-7-13(8-10-15)14-4-2-5-16(12-14)24-19-17-6-3-11-23-18(17)26-21(29)27-19/h2-12H,1H3,(H2,22,25,28)(H2,23,24,26,27,29). The van der Waals surface area contributed by atoms with Crippen molar-refractivity contribution in [3.63, 3.8) is 0 Å². The fourth-order valence-corrected chi connectivity index (χ4v) is 2.94. The van der Waals surface area contributed by atoms with Crippen LogP contribution < -0.4 is 21.6 Å². The van der Waals surface area contributed by atoms with Gasteiger partial charge in [0, 0.05) is 24.6 Å². The van der Waals surface area contributed by atoms with Gasteiger partial charge >= 0.3 is 11.7 Å². The molecule has 0 atom stereocenters. The van der Waals surface area contributed by atoms with Gasteiger partial charge in [0.1, 0.15) is 5.82 Å². The van der Waals surface area contributed by atoms with Crippen LogP contribution in [-0.4, -0.2) is 28.0 Å². The molecule has 4 rings (SSSR count). The molecule has 0 aliphatic heterocycles. The lowest BCUT2D eigenvalue weighted by Crippen LogP contribution is -2.24. The summed E-state index contributed by atoms with van der Waals surface area (Å²) in [6.45, 7) is 0. The molecule has 0 bridgehead atoms. The first-order valence-corrected chi connectivity index (χ1v) is 8.94. The molecule has 2 aromatic heterocycles. The number of pyridine rings is 1. The summed E-state index contributed by atoms with van der Waals surface area (Å²) in [6, 6.07) is 18.7. The Kier molecular flexibility index (Phi) is 4.90. The van der Waals surface area contributed by atoms with Gasteiger partial charge in [-0.15, -0.1) is 0 Å². The van der Waals surface area contributed by atoms with Gasteiger partial charge < -0.3 is 16.0 Å². The summed E-state index contributed by atoms with van der Waals surface area (Å²) >= 11 is 0. The summed E-state index contributed by atoms with van der Waals surface area (Å²) < 4.78 is 0. The lowest BCUT2D eigenvalue weighted by Gasteiger charge is -2.11. The number of carbonyl (C=O) groups excluding carboxylic acids is 1. The Bertz CT molecular complexity index is 1230. The monoisotopic (exact) mass is 386 g/mol. The lowest BCUT2D eigenvalue weighted by atomic mass is 10.0. The number of aromatic nitrogens is 3. The number of fused-ring (bicyclic) bond motifs is 1. The molecule has 29 heavy (non-hydrogen) atoms. The number of nitrogens with one attached hydrogen (secondary N) is 4. The molecule has 2 aromatic carbocycles. The van der Waals surface area contributed by atoms with Crippen LogP contribution in [0.5, 0.6) is 0 Å². The Balaban J connectivity index is 1.62. The number of benzene rings is 2. The number of rotatable bonds is 4. The zero-order valence-corrected chi connectivity index (χ0v) is 15.6. The first-order valence-electron chi connectivity index (χ1n) is 8.94.